The molecule has 3 aliphatic rings. The highest BCUT2D eigenvalue weighted by molar-refractivity contribution is 5.56. The molecule has 2 fully saturated rings. The molecule has 0 spiro atoms. The number of hydrogen-bond acceptors (Lipinski definition) is 3. The molecular weight excluding hydrogens is 286 g/mol. The third-order valence-corrected chi connectivity index (χ3v) is 6.06. The Morgan fingerprint density at radius 3 is 2.74 bits per heavy atom. The van der Waals surface area contributed by atoms with Crippen molar-refractivity contribution < 1.29 is 9.47 Å². The monoisotopic (exact) mass is 315 g/mol. The first-order chi connectivity index (χ1) is 11.2. The Hall–Kier alpha value is -1.22. The van der Waals surface area contributed by atoms with Crippen molar-refractivity contribution in [3.8, 4) is 11.5 Å². The molecule has 0 amide bonds. The van der Waals surface area contributed by atoms with Crippen LogP contribution in [0.25, 0.3) is 0 Å². The van der Waals surface area contributed by atoms with E-state index in [0.29, 0.717) is 12.0 Å². The fourth-order valence-electron chi connectivity index (χ4n) is 4.51. The Morgan fingerprint density at radius 1 is 1.09 bits per heavy atom. The van der Waals surface area contributed by atoms with E-state index in [1.165, 1.54) is 68.3 Å². The molecule has 126 valence electrons. The minimum Gasteiger partial charge on any atom is -0.492 e. The van der Waals surface area contributed by atoms with Crippen LogP contribution >= 0.6 is 0 Å². The maximum Gasteiger partial charge on any atom is 0.126 e. The molecule has 1 aromatic carbocycles. The van der Waals surface area contributed by atoms with Gasteiger partial charge in [-0.1, -0.05) is 6.42 Å². The molecule has 2 heterocycles. The molecule has 1 saturated carbocycles. The van der Waals surface area contributed by atoms with Crippen LogP contribution in [0.1, 0.15) is 61.1 Å². The number of rotatable bonds is 4. The lowest BCUT2D eigenvalue weighted by molar-refractivity contribution is 0.183. The topological polar surface area (TPSA) is 21.7 Å². The average Bonchev–Trinajstić information content (AvgIpc) is 3.15. The highest BCUT2D eigenvalue weighted by Gasteiger charge is 2.39. The number of likely N-dealkylation sites (tertiary alicyclic amines) is 1. The first-order valence-electron chi connectivity index (χ1n) is 9.40. The summed E-state index contributed by atoms with van der Waals surface area (Å²) in [6, 6.07) is 2.28. The van der Waals surface area contributed by atoms with E-state index < -0.39 is 0 Å². The summed E-state index contributed by atoms with van der Waals surface area (Å²) in [4.78, 5) is 2.54. The number of benzene rings is 1. The molecule has 2 atom stereocenters. The molecule has 0 aromatic heterocycles. The van der Waals surface area contributed by atoms with E-state index in [4.69, 9.17) is 9.47 Å². The van der Waals surface area contributed by atoms with Gasteiger partial charge < -0.3 is 9.47 Å². The fraction of sp³-hybridized carbons (Fsp3) is 0.700. The molecule has 4 rings (SSSR count). The van der Waals surface area contributed by atoms with E-state index in [0.717, 1.165) is 24.7 Å². The summed E-state index contributed by atoms with van der Waals surface area (Å²) < 4.78 is 12.4. The summed E-state index contributed by atoms with van der Waals surface area (Å²) in [7, 11) is 0. The van der Waals surface area contributed by atoms with Gasteiger partial charge in [0.05, 0.1) is 0 Å². The van der Waals surface area contributed by atoms with E-state index in [1.807, 2.05) is 0 Å². The lowest BCUT2D eigenvalue weighted by atomic mass is 9.94. The van der Waals surface area contributed by atoms with Crippen LogP contribution < -0.4 is 9.47 Å². The van der Waals surface area contributed by atoms with E-state index >= 15 is 0 Å². The Bertz CT molecular complexity index is 577. The lowest BCUT2D eigenvalue weighted by Gasteiger charge is -2.26. The van der Waals surface area contributed by atoms with Gasteiger partial charge in [-0.15, -0.1) is 0 Å². The van der Waals surface area contributed by atoms with Crippen LogP contribution in [0, 0.1) is 13.8 Å². The number of fused-ring (bicyclic) bond motifs is 3. The maximum absolute atomic E-state index is 6.23. The summed E-state index contributed by atoms with van der Waals surface area (Å²) in [6.45, 7) is 8.69. The number of piperidine rings is 1. The molecule has 0 bridgehead atoms. The highest BCUT2D eigenvalue weighted by Crippen LogP contribution is 2.50. The fourth-order valence-corrected chi connectivity index (χ4v) is 4.51. The molecule has 0 radical (unpaired) electrons. The van der Waals surface area contributed by atoms with Crippen molar-refractivity contribution in [2.45, 2.75) is 64.4 Å². The van der Waals surface area contributed by atoms with Crippen LogP contribution in [-0.2, 0) is 0 Å². The normalized spacial score (nSPS) is 26.7. The quantitative estimate of drug-likeness (QED) is 0.831. The largest absolute Gasteiger partial charge is 0.492 e. The van der Waals surface area contributed by atoms with E-state index in [2.05, 4.69) is 24.8 Å². The molecule has 0 N–H and O–H groups in total. The van der Waals surface area contributed by atoms with Crippen LogP contribution in [0.3, 0.4) is 0 Å². The van der Waals surface area contributed by atoms with Gasteiger partial charge in [0.25, 0.3) is 0 Å². The Labute approximate surface area is 140 Å². The van der Waals surface area contributed by atoms with Crippen molar-refractivity contribution in [1.29, 1.82) is 0 Å². The summed E-state index contributed by atoms with van der Waals surface area (Å²) in [6.07, 6.45) is 8.29. The van der Waals surface area contributed by atoms with Gasteiger partial charge in [-0.05, 0) is 76.2 Å². The van der Waals surface area contributed by atoms with Gasteiger partial charge in [-0.25, -0.2) is 0 Å². The SMILES string of the molecule is Cc1c(OCCN2CCCCC2)cc2c(c1C)O[C@@H]1CCC[C@H]21. The van der Waals surface area contributed by atoms with Gasteiger partial charge in [0.1, 0.15) is 24.2 Å². The van der Waals surface area contributed by atoms with Crippen LogP contribution in [0.2, 0.25) is 0 Å². The van der Waals surface area contributed by atoms with Gasteiger partial charge in [0.15, 0.2) is 0 Å². The third-order valence-electron chi connectivity index (χ3n) is 6.06. The second kappa shape index (κ2) is 6.35. The van der Waals surface area contributed by atoms with Gasteiger partial charge in [-0.3, -0.25) is 4.90 Å². The van der Waals surface area contributed by atoms with Gasteiger partial charge in [0, 0.05) is 18.0 Å². The maximum atomic E-state index is 6.23. The second-order valence-corrected chi connectivity index (χ2v) is 7.49. The zero-order valence-electron chi connectivity index (χ0n) is 14.6. The highest BCUT2D eigenvalue weighted by atomic mass is 16.5. The van der Waals surface area contributed by atoms with Crippen molar-refractivity contribution in [1.82, 2.24) is 4.90 Å². The summed E-state index contributed by atoms with van der Waals surface area (Å²) in [5.74, 6) is 2.84. The first kappa shape index (κ1) is 15.3. The van der Waals surface area contributed by atoms with Crippen molar-refractivity contribution in [3.63, 3.8) is 0 Å². The van der Waals surface area contributed by atoms with Gasteiger partial charge >= 0.3 is 0 Å². The van der Waals surface area contributed by atoms with E-state index in [9.17, 15) is 0 Å². The number of hydrogen-bond donors (Lipinski definition) is 0. The van der Waals surface area contributed by atoms with Crippen molar-refractivity contribution in [2.24, 2.45) is 0 Å². The summed E-state index contributed by atoms with van der Waals surface area (Å²) in [5.41, 5.74) is 3.94. The average molecular weight is 315 g/mol. The van der Waals surface area contributed by atoms with Crippen molar-refractivity contribution in [3.05, 3.63) is 22.8 Å². The Balaban J connectivity index is 1.46. The molecule has 3 heteroatoms. The number of nitrogens with zero attached hydrogens (tertiary/aromatic N) is 1. The van der Waals surface area contributed by atoms with Gasteiger partial charge in [0.2, 0.25) is 0 Å². The third kappa shape index (κ3) is 2.84. The zero-order chi connectivity index (χ0) is 15.8. The van der Waals surface area contributed by atoms with Crippen molar-refractivity contribution >= 4 is 0 Å². The Kier molecular flexibility index (Phi) is 4.23. The van der Waals surface area contributed by atoms with E-state index in [-0.39, 0.29) is 0 Å². The van der Waals surface area contributed by atoms with E-state index in [1.54, 1.807) is 0 Å². The summed E-state index contributed by atoms with van der Waals surface area (Å²) in [5, 5.41) is 0. The van der Waals surface area contributed by atoms with Crippen LogP contribution in [0.15, 0.2) is 6.07 Å². The molecular formula is C20H29NO2. The summed E-state index contributed by atoms with van der Waals surface area (Å²) >= 11 is 0. The Morgan fingerprint density at radius 2 is 1.91 bits per heavy atom. The van der Waals surface area contributed by atoms with Crippen LogP contribution in [0.4, 0.5) is 0 Å². The molecule has 3 nitrogen and oxygen atoms in total. The van der Waals surface area contributed by atoms with Crippen LogP contribution in [-0.4, -0.2) is 37.2 Å². The van der Waals surface area contributed by atoms with Crippen molar-refractivity contribution in [2.75, 3.05) is 26.2 Å². The van der Waals surface area contributed by atoms with Gasteiger partial charge in [-0.2, -0.15) is 0 Å². The molecule has 1 aromatic rings. The molecule has 1 aliphatic carbocycles. The zero-order valence-corrected chi connectivity index (χ0v) is 14.6. The lowest BCUT2D eigenvalue weighted by Crippen LogP contribution is -2.33. The molecule has 0 unspecified atom stereocenters. The standard InChI is InChI=1S/C20H29NO2/c1-14-15(2)20-17(16-7-6-8-18(16)23-20)13-19(14)22-12-11-21-9-4-3-5-10-21/h13,16,18H,3-12H2,1-2H3/t16-,18-/m1/s1. The minimum absolute atomic E-state index is 0.423. The second-order valence-electron chi connectivity index (χ2n) is 7.49. The predicted molar refractivity (Wildman–Crippen MR) is 92.7 cm³/mol. The minimum atomic E-state index is 0.423. The smallest absolute Gasteiger partial charge is 0.126 e. The first-order valence-corrected chi connectivity index (χ1v) is 9.40. The van der Waals surface area contributed by atoms with Crippen LogP contribution in [0.5, 0.6) is 11.5 Å². The molecule has 2 aliphatic heterocycles. The molecule has 23 heavy (non-hydrogen) atoms. The number of ether oxygens (including phenoxy) is 2. The molecule has 1 saturated heterocycles. The predicted octanol–water partition coefficient (Wildman–Crippen LogP) is 4.20.